The van der Waals surface area contributed by atoms with Gasteiger partial charge in [0.15, 0.2) is 0 Å². The number of ketones is 1. The lowest BCUT2D eigenvalue weighted by Gasteiger charge is -2.25. The molecule has 1 aliphatic carbocycles. The first kappa shape index (κ1) is 16.6. The summed E-state index contributed by atoms with van der Waals surface area (Å²) in [5, 5.41) is 3.67. The van der Waals surface area contributed by atoms with Gasteiger partial charge < -0.3 is 10.3 Å². The highest BCUT2D eigenvalue weighted by Gasteiger charge is 2.25. The Labute approximate surface area is 152 Å². The summed E-state index contributed by atoms with van der Waals surface area (Å²) in [4.78, 5) is 28.4. The fourth-order valence-electron chi connectivity index (χ4n) is 4.05. The van der Waals surface area contributed by atoms with Crippen LogP contribution in [0.15, 0.2) is 48.5 Å². The van der Waals surface area contributed by atoms with Gasteiger partial charge in [-0.15, -0.1) is 0 Å². The number of aromatic nitrogens is 1. The number of carbonyl (C=O) groups excluding carboxylic acids is 2. The number of amides is 1. The highest BCUT2D eigenvalue weighted by atomic mass is 16.2. The molecule has 0 saturated carbocycles. The number of benzene rings is 2. The van der Waals surface area contributed by atoms with E-state index in [0.717, 1.165) is 35.9 Å². The first-order chi connectivity index (χ1) is 12.6. The lowest BCUT2D eigenvalue weighted by molar-refractivity contribution is -0.117. The third-order valence-electron chi connectivity index (χ3n) is 5.33. The maximum Gasteiger partial charge on any atom is 0.292 e. The SMILES string of the molecule is Cc1[nH]c2ccccc2c1C(=O)C(=O)NCC1CCCc2ccccc21. The van der Waals surface area contributed by atoms with Crippen LogP contribution < -0.4 is 5.32 Å². The van der Waals surface area contributed by atoms with Gasteiger partial charge in [0.1, 0.15) is 0 Å². The number of Topliss-reactive ketones (excluding diaryl/α,β-unsaturated/α-hetero) is 1. The van der Waals surface area contributed by atoms with Crippen LogP contribution in [0, 0.1) is 6.92 Å². The van der Waals surface area contributed by atoms with Crippen molar-refractivity contribution in [3.63, 3.8) is 0 Å². The summed E-state index contributed by atoms with van der Waals surface area (Å²) >= 11 is 0. The van der Waals surface area contributed by atoms with Crippen molar-refractivity contribution < 1.29 is 9.59 Å². The number of nitrogens with one attached hydrogen (secondary N) is 2. The van der Waals surface area contributed by atoms with Gasteiger partial charge >= 0.3 is 0 Å². The van der Waals surface area contributed by atoms with Crippen molar-refractivity contribution >= 4 is 22.6 Å². The Morgan fingerprint density at radius 2 is 1.88 bits per heavy atom. The Hall–Kier alpha value is -2.88. The Morgan fingerprint density at radius 3 is 2.77 bits per heavy atom. The number of aryl methyl sites for hydroxylation is 2. The molecule has 1 amide bonds. The van der Waals surface area contributed by atoms with Crippen LogP contribution in [0.3, 0.4) is 0 Å². The van der Waals surface area contributed by atoms with Crippen molar-refractivity contribution in [3.8, 4) is 0 Å². The molecular weight excluding hydrogens is 324 g/mol. The molecule has 0 bridgehead atoms. The average molecular weight is 346 g/mol. The van der Waals surface area contributed by atoms with Crippen LogP contribution in [0.1, 0.15) is 45.9 Å². The van der Waals surface area contributed by atoms with Gasteiger partial charge in [0.05, 0.1) is 5.56 Å². The topological polar surface area (TPSA) is 62.0 Å². The number of hydrogen-bond acceptors (Lipinski definition) is 2. The summed E-state index contributed by atoms with van der Waals surface area (Å²) in [6.07, 6.45) is 3.25. The minimum absolute atomic E-state index is 0.278. The Balaban J connectivity index is 1.50. The van der Waals surface area contributed by atoms with E-state index >= 15 is 0 Å². The Bertz CT molecular complexity index is 987. The number of rotatable bonds is 4. The van der Waals surface area contributed by atoms with E-state index in [0.29, 0.717) is 12.1 Å². The fourth-order valence-corrected chi connectivity index (χ4v) is 4.05. The minimum atomic E-state index is -0.527. The van der Waals surface area contributed by atoms with Crippen LogP contribution in [-0.4, -0.2) is 23.2 Å². The molecule has 4 rings (SSSR count). The van der Waals surface area contributed by atoms with Crippen LogP contribution in [0.4, 0.5) is 0 Å². The van der Waals surface area contributed by atoms with E-state index < -0.39 is 11.7 Å². The summed E-state index contributed by atoms with van der Waals surface area (Å²) in [5.41, 5.74) is 4.74. The number of fused-ring (bicyclic) bond motifs is 2. The van der Waals surface area contributed by atoms with Crippen LogP contribution in [0.5, 0.6) is 0 Å². The second-order valence-corrected chi connectivity index (χ2v) is 7.00. The zero-order valence-electron chi connectivity index (χ0n) is 14.8. The first-order valence-electron chi connectivity index (χ1n) is 9.13. The molecule has 2 aromatic carbocycles. The van der Waals surface area contributed by atoms with E-state index in [9.17, 15) is 9.59 Å². The molecule has 1 aromatic heterocycles. The molecule has 26 heavy (non-hydrogen) atoms. The van der Waals surface area contributed by atoms with E-state index in [2.05, 4.69) is 28.5 Å². The third kappa shape index (κ3) is 2.92. The molecule has 1 atom stereocenters. The standard InChI is InChI=1S/C22H22N2O2/c1-14-20(18-11-4-5-12-19(18)24-14)21(25)22(26)23-13-16-9-6-8-15-7-2-3-10-17(15)16/h2-5,7,10-12,16,24H,6,8-9,13H2,1H3,(H,23,26). The Kier molecular flexibility index (Phi) is 4.33. The quantitative estimate of drug-likeness (QED) is 0.556. The smallest absolute Gasteiger partial charge is 0.292 e. The van der Waals surface area contributed by atoms with Gasteiger partial charge in [-0.2, -0.15) is 0 Å². The zero-order valence-corrected chi connectivity index (χ0v) is 14.8. The molecular formula is C22H22N2O2. The number of para-hydroxylation sites is 1. The molecule has 4 heteroatoms. The van der Waals surface area contributed by atoms with Crippen molar-refractivity contribution in [1.29, 1.82) is 0 Å². The van der Waals surface area contributed by atoms with E-state index in [-0.39, 0.29) is 5.92 Å². The number of H-pyrrole nitrogens is 1. The van der Waals surface area contributed by atoms with Crippen LogP contribution in [0.2, 0.25) is 0 Å². The zero-order chi connectivity index (χ0) is 18.1. The lowest BCUT2D eigenvalue weighted by Crippen LogP contribution is -2.35. The molecule has 0 aliphatic heterocycles. The summed E-state index contributed by atoms with van der Waals surface area (Å²) in [5.74, 6) is -0.717. The molecule has 0 fully saturated rings. The van der Waals surface area contributed by atoms with Crippen molar-refractivity contribution in [2.24, 2.45) is 0 Å². The number of hydrogen-bond donors (Lipinski definition) is 2. The van der Waals surface area contributed by atoms with Gasteiger partial charge in [-0.1, -0.05) is 42.5 Å². The number of aromatic amines is 1. The largest absolute Gasteiger partial charge is 0.358 e. The lowest BCUT2D eigenvalue weighted by atomic mass is 9.83. The van der Waals surface area contributed by atoms with Crippen LogP contribution in [-0.2, 0) is 11.2 Å². The van der Waals surface area contributed by atoms with Gasteiger partial charge in [0.25, 0.3) is 11.7 Å². The molecule has 0 radical (unpaired) electrons. The van der Waals surface area contributed by atoms with Gasteiger partial charge in [-0.25, -0.2) is 0 Å². The van der Waals surface area contributed by atoms with Crippen molar-refractivity contribution in [3.05, 3.63) is 70.9 Å². The highest BCUT2D eigenvalue weighted by molar-refractivity contribution is 6.45. The van der Waals surface area contributed by atoms with Crippen molar-refractivity contribution in [1.82, 2.24) is 10.3 Å². The molecule has 4 nitrogen and oxygen atoms in total. The second kappa shape index (κ2) is 6.79. The normalized spacial score (nSPS) is 16.3. The molecule has 1 unspecified atom stereocenters. The predicted octanol–water partition coefficient (Wildman–Crippen LogP) is 3.90. The van der Waals surface area contributed by atoms with Gasteiger partial charge in [-0.3, -0.25) is 9.59 Å². The summed E-state index contributed by atoms with van der Waals surface area (Å²) < 4.78 is 0. The van der Waals surface area contributed by atoms with Crippen LogP contribution in [0.25, 0.3) is 10.9 Å². The number of carbonyl (C=O) groups is 2. The molecule has 0 saturated heterocycles. The summed E-state index contributed by atoms with van der Waals surface area (Å²) in [6, 6.07) is 16.0. The van der Waals surface area contributed by atoms with Crippen LogP contribution >= 0.6 is 0 Å². The average Bonchev–Trinajstić information content (AvgIpc) is 3.01. The third-order valence-corrected chi connectivity index (χ3v) is 5.33. The molecule has 1 aliphatic rings. The van der Waals surface area contributed by atoms with Crippen molar-refractivity contribution in [2.45, 2.75) is 32.1 Å². The highest BCUT2D eigenvalue weighted by Crippen LogP contribution is 2.31. The molecule has 1 heterocycles. The second-order valence-electron chi connectivity index (χ2n) is 7.00. The minimum Gasteiger partial charge on any atom is -0.358 e. The first-order valence-corrected chi connectivity index (χ1v) is 9.13. The predicted molar refractivity (Wildman–Crippen MR) is 102 cm³/mol. The van der Waals surface area contributed by atoms with E-state index in [1.54, 1.807) is 0 Å². The maximum absolute atomic E-state index is 12.7. The molecule has 3 aromatic rings. The van der Waals surface area contributed by atoms with E-state index in [1.807, 2.05) is 37.3 Å². The molecule has 0 spiro atoms. The maximum atomic E-state index is 12.7. The van der Waals surface area contributed by atoms with Gasteiger partial charge in [-0.05, 0) is 43.4 Å². The summed E-state index contributed by atoms with van der Waals surface area (Å²) in [6.45, 7) is 2.33. The fraction of sp³-hybridized carbons (Fsp3) is 0.273. The Morgan fingerprint density at radius 1 is 1.12 bits per heavy atom. The van der Waals surface area contributed by atoms with E-state index in [1.165, 1.54) is 11.1 Å². The van der Waals surface area contributed by atoms with Gasteiger partial charge in [0.2, 0.25) is 0 Å². The van der Waals surface area contributed by atoms with Gasteiger partial charge in [0, 0.05) is 29.1 Å². The molecule has 2 N–H and O–H groups in total. The monoisotopic (exact) mass is 346 g/mol. The van der Waals surface area contributed by atoms with Crippen molar-refractivity contribution in [2.75, 3.05) is 6.54 Å². The van der Waals surface area contributed by atoms with E-state index in [4.69, 9.17) is 0 Å². The summed E-state index contributed by atoms with van der Waals surface area (Å²) in [7, 11) is 0. The molecule has 132 valence electrons.